The van der Waals surface area contributed by atoms with Crippen LogP contribution in [0, 0.1) is 17.8 Å². The monoisotopic (exact) mass is 324 g/mol. The fourth-order valence-corrected chi connectivity index (χ4v) is 4.53. The summed E-state index contributed by atoms with van der Waals surface area (Å²) in [7, 11) is 3.52. The summed E-state index contributed by atoms with van der Waals surface area (Å²) in [6.45, 7) is 1.21. The summed E-state index contributed by atoms with van der Waals surface area (Å²) in [4.78, 5) is 4.42. The summed E-state index contributed by atoms with van der Waals surface area (Å²) in [6.07, 6.45) is 13.5. The van der Waals surface area contributed by atoms with Crippen LogP contribution in [0.4, 0.5) is 0 Å². The van der Waals surface area contributed by atoms with Crippen molar-refractivity contribution in [3.05, 3.63) is 0 Å². The Morgan fingerprint density at radius 3 is 1.91 bits per heavy atom. The Hall–Kier alpha value is -0.610. The third-order valence-corrected chi connectivity index (χ3v) is 5.73. The molecule has 0 radical (unpaired) electrons. The van der Waals surface area contributed by atoms with Gasteiger partial charge in [-0.3, -0.25) is 0 Å². The zero-order valence-electron chi connectivity index (χ0n) is 15.2. The number of quaternary nitrogens is 1. The molecule has 0 heterocycles. The smallest absolute Gasteiger partial charge is 0.110 e. The van der Waals surface area contributed by atoms with Crippen molar-refractivity contribution in [3.8, 4) is 0 Å². The van der Waals surface area contributed by atoms with Crippen molar-refractivity contribution in [1.29, 1.82) is 0 Å². The molecule has 2 aliphatic carbocycles. The normalized spacial score (nSPS) is 22.7. The molecule has 0 aromatic carbocycles. The maximum Gasteiger partial charge on any atom is 0.110 e. The average Bonchev–Trinajstić information content (AvgIpc) is 2.53. The van der Waals surface area contributed by atoms with E-state index in [0.717, 1.165) is 6.42 Å². The molecule has 0 aromatic rings. The van der Waals surface area contributed by atoms with Crippen molar-refractivity contribution in [2.24, 2.45) is 22.7 Å². The molecule has 0 aliphatic heterocycles. The van der Waals surface area contributed by atoms with Gasteiger partial charge in [0.2, 0.25) is 0 Å². The van der Waals surface area contributed by atoms with Crippen molar-refractivity contribution in [1.82, 2.24) is 0 Å². The van der Waals surface area contributed by atoms with Crippen molar-refractivity contribution >= 4 is 5.90 Å². The third-order valence-electron chi connectivity index (χ3n) is 5.73. The minimum atomic E-state index is -0.0433. The summed E-state index contributed by atoms with van der Waals surface area (Å²) in [5, 5.41) is 22.5. The molecule has 4 nitrogen and oxygen atoms in total. The molecule has 2 fully saturated rings. The first-order chi connectivity index (χ1) is 11.0. The molecule has 2 aliphatic rings. The van der Waals surface area contributed by atoms with Gasteiger partial charge < -0.3 is 10.1 Å². The fourth-order valence-electron chi connectivity index (χ4n) is 4.53. The number of rotatable bonds is 7. The number of nitrogens with zero attached hydrogens (tertiary/aromatic N) is 2. The molecule has 0 unspecified atom stereocenters. The molecule has 4 heteroatoms. The minimum absolute atomic E-state index is 0.0433. The van der Waals surface area contributed by atoms with Crippen LogP contribution in [-0.4, -0.2) is 42.9 Å². The van der Waals surface area contributed by atoms with Crippen LogP contribution in [0.2, 0.25) is 0 Å². The van der Waals surface area contributed by atoms with Crippen LogP contribution < -0.4 is 5.11 Å². The maximum atomic E-state index is 12.8. The van der Waals surface area contributed by atoms with Crippen molar-refractivity contribution in [2.45, 2.75) is 70.6 Å². The van der Waals surface area contributed by atoms with Crippen molar-refractivity contribution < 1.29 is 15.0 Å². The third kappa shape index (κ3) is 6.42. The van der Waals surface area contributed by atoms with E-state index < -0.39 is 0 Å². The predicted octanol–water partition coefficient (Wildman–Crippen LogP) is 3.38. The first kappa shape index (κ1) is 18.7. The number of hydrogen-bond acceptors (Lipinski definition) is 3. The molecule has 0 bridgehead atoms. The van der Waals surface area contributed by atoms with E-state index in [-0.39, 0.29) is 16.5 Å². The van der Waals surface area contributed by atoms with E-state index in [2.05, 4.69) is 4.99 Å². The minimum Gasteiger partial charge on any atom is -0.862 e. The second-order valence-corrected chi connectivity index (χ2v) is 8.24. The second kappa shape index (κ2) is 9.03. The lowest BCUT2D eigenvalue weighted by Crippen LogP contribution is -2.40. The molecule has 2 rings (SSSR count). The highest BCUT2D eigenvalue weighted by molar-refractivity contribution is 5.75. The Balaban J connectivity index is 1.96. The van der Waals surface area contributed by atoms with Crippen LogP contribution in [0.15, 0.2) is 4.99 Å². The van der Waals surface area contributed by atoms with Crippen LogP contribution in [0.25, 0.3) is 0 Å². The van der Waals surface area contributed by atoms with Crippen molar-refractivity contribution in [3.63, 3.8) is 0 Å². The van der Waals surface area contributed by atoms with E-state index in [0.29, 0.717) is 24.9 Å². The van der Waals surface area contributed by atoms with E-state index in [9.17, 15) is 10.3 Å². The average molecular weight is 325 g/mol. The summed E-state index contributed by atoms with van der Waals surface area (Å²) in [6, 6.07) is 0. The second-order valence-electron chi connectivity index (χ2n) is 8.24. The molecule has 1 N–H and O–H groups in total. The number of hydroxylamine groups is 3. The topological polar surface area (TPSA) is 55.7 Å². The van der Waals surface area contributed by atoms with Gasteiger partial charge in [0.25, 0.3) is 0 Å². The summed E-state index contributed by atoms with van der Waals surface area (Å²) >= 11 is 0. The van der Waals surface area contributed by atoms with E-state index in [4.69, 9.17) is 0 Å². The largest absolute Gasteiger partial charge is 0.862 e. The lowest BCUT2D eigenvalue weighted by Gasteiger charge is -2.40. The Kier molecular flexibility index (Phi) is 7.35. The highest BCUT2D eigenvalue weighted by Gasteiger charge is 2.31. The molecule has 0 spiro atoms. The molecule has 134 valence electrons. The summed E-state index contributed by atoms with van der Waals surface area (Å²) in [5.74, 6) is 1.51. The van der Waals surface area contributed by atoms with Crippen LogP contribution in [-0.2, 0) is 0 Å². The van der Waals surface area contributed by atoms with Gasteiger partial charge in [-0.05, 0) is 49.3 Å². The number of aliphatic imine (C=N–C) groups is 1. The van der Waals surface area contributed by atoms with Gasteiger partial charge in [0.1, 0.15) is 6.54 Å². The molecule has 0 aromatic heterocycles. The lowest BCUT2D eigenvalue weighted by atomic mass is 9.69. The van der Waals surface area contributed by atoms with Gasteiger partial charge in [-0.2, -0.15) is 4.65 Å². The van der Waals surface area contributed by atoms with Gasteiger partial charge >= 0.3 is 0 Å². The van der Waals surface area contributed by atoms with Gasteiger partial charge in [0, 0.05) is 13.0 Å². The molecule has 0 atom stereocenters. The van der Waals surface area contributed by atoms with Crippen LogP contribution in [0.3, 0.4) is 0 Å². The quantitative estimate of drug-likeness (QED) is 0.257. The first-order valence-corrected chi connectivity index (χ1v) is 9.74. The first-order valence-electron chi connectivity index (χ1n) is 9.74. The zero-order valence-corrected chi connectivity index (χ0v) is 15.2. The van der Waals surface area contributed by atoms with Crippen LogP contribution in [0.1, 0.15) is 70.6 Å². The Bertz CT molecular complexity index is 346. The Morgan fingerprint density at radius 2 is 1.48 bits per heavy atom. The van der Waals surface area contributed by atoms with E-state index in [1.54, 1.807) is 14.1 Å². The van der Waals surface area contributed by atoms with E-state index in [1.807, 2.05) is 0 Å². The summed E-state index contributed by atoms with van der Waals surface area (Å²) in [5.41, 5.74) is 0. The SMILES string of the molecule is C[N+](C)(O)CCCN=C([O-])C(C1CCCCC1)C1CCCCC1. The Labute approximate surface area is 142 Å². The van der Waals surface area contributed by atoms with Crippen LogP contribution in [0.5, 0.6) is 0 Å². The van der Waals surface area contributed by atoms with Crippen molar-refractivity contribution in [2.75, 3.05) is 27.2 Å². The summed E-state index contributed by atoms with van der Waals surface area (Å²) < 4.78 is -0.0433. The predicted molar refractivity (Wildman–Crippen MR) is 92.3 cm³/mol. The highest BCUT2D eigenvalue weighted by Crippen LogP contribution is 2.40. The number of hydrogen-bond donors (Lipinski definition) is 1. The Morgan fingerprint density at radius 1 is 1.00 bits per heavy atom. The van der Waals surface area contributed by atoms with Gasteiger partial charge in [0.05, 0.1) is 14.1 Å². The maximum absolute atomic E-state index is 12.8. The molecular weight excluding hydrogens is 288 g/mol. The van der Waals surface area contributed by atoms with Gasteiger partial charge in [-0.25, -0.2) is 5.21 Å². The molecule has 2 saturated carbocycles. The fraction of sp³-hybridized carbons (Fsp3) is 0.947. The molecule has 23 heavy (non-hydrogen) atoms. The zero-order chi connectivity index (χ0) is 16.7. The van der Waals surface area contributed by atoms with Gasteiger partial charge in [-0.15, -0.1) is 0 Å². The van der Waals surface area contributed by atoms with E-state index in [1.165, 1.54) is 64.2 Å². The highest BCUT2D eigenvalue weighted by atomic mass is 16.5. The van der Waals surface area contributed by atoms with Gasteiger partial charge in [0.15, 0.2) is 0 Å². The van der Waals surface area contributed by atoms with Crippen LogP contribution >= 0.6 is 0 Å². The van der Waals surface area contributed by atoms with E-state index >= 15 is 0 Å². The standard InChI is InChI=1S/C19H36N2O2/c1-21(2,23)15-9-14-20-19(22)18(16-10-5-3-6-11-16)17-12-7-4-8-13-17/h16-18,23H,3-15H2,1-2H3. The molecule has 0 saturated heterocycles. The lowest BCUT2D eigenvalue weighted by molar-refractivity contribution is -1.07. The molecule has 0 amide bonds. The molecular formula is C19H36N2O2. The van der Waals surface area contributed by atoms with Gasteiger partial charge in [-0.1, -0.05) is 38.5 Å².